The molecular formula is C20H26N4O3. The summed E-state index contributed by atoms with van der Waals surface area (Å²) in [5.41, 5.74) is 0.922. The van der Waals surface area contributed by atoms with Gasteiger partial charge in [-0.3, -0.25) is 4.79 Å². The van der Waals surface area contributed by atoms with Crippen molar-refractivity contribution in [3.63, 3.8) is 0 Å². The fourth-order valence-corrected chi connectivity index (χ4v) is 3.41. The Labute approximate surface area is 159 Å². The molecule has 0 saturated carbocycles. The van der Waals surface area contributed by atoms with Crippen molar-refractivity contribution in [1.82, 2.24) is 15.3 Å². The molecule has 1 aromatic carbocycles. The zero-order valence-corrected chi connectivity index (χ0v) is 16.0. The highest BCUT2D eigenvalue weighted by molar-refractivity contribution is 5.80. The fourth-order valence-electron chi connectivity index (χ4n) is 3.41. The van der Waals surface area contributed by atoms with Gasteiger partial charge in [-0.15, -0.1) is 0 Å². The third kappa shape index (κ3) is 4.48. The van der Waals surface area contributed by atoms with Crippen LogP contribution in [0.1, 0.15) is 31.4 Å². The Morgan fingerprint density at radius 2 is 2.04 bits per heavy atom. The molecule has 2 unspecified atom stereocenters. The van der Waals surface area contributed by atoms with Crippen LogP contribution in [0.15, 0.2) is 36.7 Å². The van der Waals surface area contributed by atoms with Crippen molar-refractivity contribution < 1.29 is 14.3 Å². The van der Waals surface area contributed by atoms with E-state index in [-0.39, 0.29) is 17.9 Å². The molecule has 7 heteroatoms. The molecule has 1 aliphatic heterocycles. The van der Waals surface area contributed by atoms with Crippen LogP contribution in [0.2, 0.25) is 0 Å². The monoisotopic (exact) mass is 370 g/mol. The summed E-state index contributed by atoms with van der Waals surface area (Å²) in [5, 5.41) is 3.12. The zero-order valence-electron chi connectivity index (χ0n) is 16.0. The highest BCUT2D eigenvalue weighted by Gasteiger charge is 2.28. The molecule has 0 spiro atoms. The van der Waals surface area contributed by atoms with Gasteiger partial charge in [-0.05, 0) is 38.0 Å². The number of nitrogens with one attached hydrogen (secondary N) is 1. The molecule has 0 radical (unpaired) electrons. The summed E-state index contributed by atoms with van der Waals surface area (Å²) in [5.74, 6) is 2.06. The molecular weight excluding hydrogens is 344 g/mol. The number of anilines is 1. The number of carbonyl (C=O) groups is 1. The molecule has 0 aliphatic carbocycles. The minimum Gasteiger partial charge on any atom is -0.497 e. The largest absolute Gasteiger partial charge is 0.497 e. The van der Waals surface area contributed by atoms with Crippen LogP contribution in [-0.4, -0.2) is 43.2 Å². The van der Waals surface area contributed by atoms with E-state index in [9.17, 15) is 4.79 Å². The van der Waals surface area contributed by atoms with Gasteiger partial charge in [0.05, 0.1) is 26.2 Å². The Balaban J connectivity index is 1.66. The van der Waals surface area contributed by atoms with E-state index in [4.69, 9.17) is 9.47 Å². The Bertz CT molecular complexity index is 769. The maximum atomic E-state index is 12.8. The molecule has 1 aliphatic rings. The molecule has 2 atom stereocenters. The quantitative estimate of drug-likeness (QED) is 0.842. The van der Waals surface area contributed by atoms with Crippen molar-refractivity contribution >= 4 is 11.9 Å². The van der Waals surface area contributed by atoms with Crippen LogP contribution in [0.25, 0.3) is 0 Å². The van der Waals surface area contributed by atoms with Crippen molar-refractivity contribution in [2.24, 2.45) is 5.92 Å². The normalized spacial score (nSPS) is 17.9. The summed E-state index contributed by atoms with van der Waals surface area (Å²) >= 11 is 0. The molecule has 2 aromatic rings. The minimum absolute atomic E-state index is 0.0426. The molecule has 7 nitrogen and oxygen atoms in total. The SMILES string of the molecule is COc1ccc(C(C)NC(=O)C2CCCN(c3ncccn3)C2)c(OC)c1. The van der Waals surface area contributed by atoms with E-state index in [2.05, 4.69) is 20.2 Å². The summed E-state index contributed by atoms with van der Waals surface area (Å²) in [7, 11) is 3.23. The first kappa shape index (κ1) is 18.9. The summed E-state index contributed by atoms with van der Waals surface area (Å²) < 4.78 is 10.7. The number of aromatic nitrogens is 2. The van der Waals surface area contributed by atoms with Crippen molar-refractivity contribution in [1.29, 1.82) is 0 Å². The number of nitrogens with zero attached hydrogens (tertiary/aromatic N) is 3. The number of hydrogen-bond donors (Lipinski definition) is 1. The number of amides is 1. The Morgan fingerprint density at radius 3 is 2.74 bits per heavy atom. The highest BCUT2D eigenvalue weighted by atomic mass is 16.5. The minimum atomic E-state index is -0.165. The van der Waals surface area contributed by atoms with Crippen LogP contribution >= 0.6 is 0 Å². The number of hydrogen-bond acceptors (Lipinski definition) is 6. The molecule has 144 valence electrons. The van der Waals surface area contributed by atoms with Crippen molar-refractivity contribution in [2.45, 2.75) is 25.8 Å². The van der Waals surface area contributed by atoms with Crippen molar-refractivity contribution in [2.75, 3.05) is 32.2 Å². The lowest BCUT2D eigenvalue weighted by atomic mass is 9.96. The predicted octanol–water partition coefficient (Wildman–Crippen LogP) is 2.59. The number of rotatable bonds is 6. The van der Waals surface area contributed by atoms with Gasteiger partial charge in [0, 0.05) is 37.1 Å². The van der Waals surface area contributed by atoms with Gasteiger partial charge < -0.3 is 19.7 Å². The fraction of sp³-hybridized carbons (Fsp3) is 0.450. The van der Waals surface area contributed by atoms with Crippen molar-refractivity contribution in [3.8, 4) is 11.5 Å². The average molecular weight is 370 g/mol. The third-order valence-corrected chi connectivity index (χ3v) is 4.89. The second kappa shape index (κ2) is 8.70. The van der Waals surface area contributed by atoms with Crippen LogP contribution in [0.4, 0.5) is 5.95 Å². The van der Waals surface area contributed by atoms with Gasteiger partial charge in [-0.25, -0.2) is 9.97 Å². The molecule has 2 heterocycles. The Kier molecular flexibility index (Phi) is 6.11. The topological polar surface area (TPSA) is 76.6 Å². The molecule has 27 heavy (non-hydrogen) atoms. The number of benzene rings is 1. The maximum absolute atomic E-state index is 12.8. The summed E-state index contributed by atoms with van der Waals surface area (Å²) in [6, 6.07) is 7.25. The lowest BCUT2D eigenvalue weighted by Crippen LogP contribution is -2.44. The third-order valence-electron chi connectivity index (χ3n) is 4.89. The van der Waals surface area contributed by atoms with E-state index in [1.807, 2.05) is 25.1 Å². The maximum Gasteiger partial charge on any atom is 0.225 e. The lowest BCUT2D eigenvalue weighted by molar-refractivity contribution is -0.125. The molecule has 1 amide bonds. The van der Waals surface area contributed by atoms with Gasteiger partial charge in [0.2, 0.25) is 11.9 Å². The average Bonchev–Trinajstić information content (AvgIpc) is 2.73. The lowest BCUT2D eigenvalue weighted by Gasteiger charge is -2.32. The first-order valence-electron chi connectivity index (χ1n) is 9.16. The van der Waals surface area contributed by atoms with Crippen LogP contribution in [0.3, 0.4) is 0 Å². The van der Waals surface area contributed by atoms with Gasteiger partial charge in [0.1, 0.15) is 11.5 Å². The number of carbonyl (C=O) groups excluding carboxylic acids is 1. The number of piperidine rings is 1. The predicted molar refractivity (Wildman–Crippen MR) is 103 cm³/mol. The van der Waals surface area contributed by atoms with Crippen molar-refractivity contribution in [3.05, 3.63) is 42.2 Å². The van der Waals surface area contributed by atoms with Crippen LogP contribution < -0.4 is 19.7 Å². The van der Waals surface area contributed by atoms with Crippen LogP contribution in [0, 0.1) is 5.92 Å². The molecule has 1 saturated heterocycles. The molecule has 3 rings (SSSR count). The molecule has 1 N–H and O–H groups in total. The van der Waals surface area contributed by atoms with E-state index in [0.29, 0.717) is 18.2 Å². The van der Waals surface area contributed by atoms with E-state index < -0.39 is 0 Å². The second-order valence-corrected chi connectivity index (χ2v) is 6.67. The molecule has 1 aromatic heterocycles. The first-order valence-corrected chi connectivity index (χ1v) is 9.16. The standard InChI is InChI=1S/C20H26N4O3/c1-14(17-8-7-16(26-2)12-18(17)27-3)23-19(25)15-6-4-11-24(13-15)20-21-9-5-10-22-20/h5,7-10,12,14-15H,4,6,11,13H2,1-3H3,(H,23,25). The van der Waals surface area contributed by atoms with E-state index in [1.54, 1.807) is 32.7 Å². The van der Waals surface area contributed by atoms with Crippen LogP contribution in [0.5, 0.6) is 11.5 Å². The van der Waals surface area contributed by atoms with Gasteiger partial charge in [0.15, 0.2) is 0 Å². The first-order chi connectivity index (χ1) is 13.1. The Morgan fingerprint density at radius 1 is 1.26 bits per heavy atom. The summed E-state index contributed by atoms with van der Waals surface area (Å²) in [6.07, 6.45) is 5.26. The van der Waals surface area contributed by atoms with E-state index in [1.165, 1.54) is 0 Å². The van der Waals surface area contributed by atoms with E-state index >= 15 is 0 Å². The number of ether oxygens (including phenoxy) is 2. The summed E-state index contributed by atoms with van der Waals surface area (Å²) in [6.45, 7) is 3.46. The second-order valence-electron chi connectivity index (χ2n) is 6.67. The van der Waals surface area contributed by atoms with Crippen LogP contribution in [-0.2, 0) is 4.79 Å². The number of methoxy groups -OCH3 is 2. The molecule has 0 bridgehead atoms. The highest BCUT2D eigenvalue weighted by Crippen LogP contribution is 2.30. The van der Waals surface area contributed by atoms with Gasteiger partial charge in [0.25, 0.3) is 0 Å². The van der Waals surface area contributed by atoms with Gasteiger partial charge >= 0.3 is 0 Å². The Hall–Kier alpha value is -2.83. The van der Waals surface area contributed by atoms with Gasteiger partial charge in [-0.1, -0.05) is 0 Å². The van der Waals surface area contributed by atoms with E-state index in [0.717, 1.165) is 30.7 Å². The zero-order chi connectivity index (χ0) is 19.2. The summed E-state index contributed by atoms with van der Waals surface area (Å²) in [4.78, 5) is 23.5. The smallest absolute Gasteiger partial charge is 0.225 e. The molecule has 1 fully saturated rings. The van der Waals surface area contributed by atoms with Gasteiger partial charge in [-0.2, -0.15) is 0 Å².